The molecule has 0 amide bonds. The number of halogens is 1. The lowest BCUT2D eigenvalue weighted by atomic mass is 10.2. The predicted octanol–water partition coefficient (Wildman–Crippen LogP) is 3.10. The lowest BCUT2D eigenvalue weighted by Gasteiger charge is -2.02. The van der Waals surface area contributed by atoms with E-state index in [0.717, 1.165) is 15.8 Å². The summed E-state index contributed by atoms with van der Waals surface area (Å²) in [6, 6.07) is 5.82. The molecular weight excluding hydrogens is 204 g/mol. The highest BCUT2D eigenvalue weighted by molar-refractivity contribution is 9.10. The van der Waals surface area contributed by atoms with Gasteiger partial charge in [-0.3, -0.25) is 0 Å². The Bertz CT molecular complexity index is 268. The van der Waals surface area contributed by atoms with Crippen molar-refractivity contribution < 1.29 is 4.74 Å². The zero-order valence-corrected chi connectivity index (χ0v) is 7.89. The molecule has 1 nitrogen and oxygen atoms in total. The van der Waals surface area contributed by atoms with E-state index in [-0.39, 0.29) is 0 Å². The molecule has 0 N–H and O–H groups in total. The van der Waals surface area contributed by atoms with E-state index in [1.807, 2.05) is 18.2 Å². The van der Waals surface area contributed by atoms with E-state index in [1.54, 1.807) is 13.2 Å². The molecule has 0 fully saturated rings. The van der Waals surface area contributed by atoms with Crippen LogP contribution in [0.1, 0.15) is 5.56 Å². The summed E-state index contributed by atoms with van der Waals surface area (Å²) in [5, 5.41) is 0. The molecule has 0 aliphatic heterocycles. The first-order valence-corrected chi connectivity index (χ1v) is 4.03. The zero-order valence-electron chi connectivity index (χ0n) is 6.30. The molecule has 0 spiro atoms. The second-order valence-electron chi connectivity index (χ2n) is 2.10. The third-order valence-corrected chi connectivity index (χ3v) is 2.03. The maximum atomic E-state index is 5.06. The number of ether oxygens (including phenoxy) is 1. The summed E-state index contributed by atoms with van der Waals surface area (Å²) in [7, 11) is 1.65. The molecule has 1 aromatic rings. The maximum absolute atomic E-state index is 5.06. The quantitative estimate of drug-likeness (QED) is 0.733. The zero-order chi connectivity index (χ0) is 8.27. The van der Waals surface area contributed by atoms with Gasteiger partial charge >= 0.3 is 0 Å². The van der Waals surface area contributed by atoms with Crippen molar-refractivity contribution in [3.8, 4) is 5.75 Å². The second kappa shape index (κ2) is 3.58. The molecule has 1 rings (SSSR count). The standard InChI is InChI=1S/C9H9BrO/c1-3-7-4-5-9(11-2)8(10)6-7/h3-6H,1H2,2H3. The molecule has 11 heavy (non-hydrogen) atoms. The fraction of sp³-hybridized carbons (Fsp3) is 0.111. The third-order valence-electron chi connectivity index (χ3n) is 1.41. The van der Waals surface area contributed by atoms with Gasteiger partial charge in [0.15, 0.2) is 0 Å². The monoisotopic (exact) mass is 212 g/mol. The first-order chi connectivity index (χ1) is 5.27. The molecule has 0 aromatic heterocycles. The normalized spacial score (nSPS) is 9.27. The molecule has 0 radical (unpaired) electrons. The van der Waals surface area contributed by atoms with Gasteiger partial charge in [0, 0.05) is 0 Å². The van der Waals surface area contributed by atoms with Crippen LogP contribution in [0.25, 0.3) is 6.08 Å². The number of benzene rings is 1. The average Bonchev–Trinajstić information content (AvgIpc) is 2.04. The number of rotatable bonds is 2. The predicted molar refractivity (Wildman–Crippen MR) is 50.8 cm³/mol. The van der Waals surface area contributed by atoms with Crippen LogP contribution in [0.5, 0.6) is 5.75 Å². The molecule has 58 valence electrons. The molecule has 0 heterocycles. The Balaban J connectivity index is 3.09. The van der Waals surface area contributed by atoms with Crippen molar-refractivity contribution in [2.24, 2.45) is 0 Å². The van der Waals surface area contributed by atoms with Gasteiger partial charge in [-0.25, -0.2) is 0 Å². The Morgan fingerprint density at radius 3 is 2.73 bits per heavy atom. The summed E-state index contributed by atoms with van der Waals surface area (Å²) in [6.07, 6.45) is 1.80. The summed E-state index contributed by atoms with van der Waals surface area (Å²) < 4.78 is 6.02. The Morgan fingerprint density at radius 2 is 2.27 bits per heavy atom. The minimum Gasteiger partial charge on any atom is -0.496 e. The fourth-order valence-corrected chi connectivity index (χ4v) is 1.37. The molecule has 0 saturated heterocycles. The van der Waals surface area contributed by atoms with E-state index < -0.39 is 0 Å². The Morgan fingerprint density at radius 1 is 1.55 bits per heavy atom. The fourth-order valence-electron chi connectivity index (χ4n) is 0.810. The Labute approximate surface area is 74.8 Å². The van der Waals surface area contributed by atoms with Gasteiger partial charge in [-0.05, 0) is 33.6 Å². The summed E-state index contributed by atoms with van der Waals surface area (Å²) >= 11 is 3.38. The molecule has 0 unspecified atom stereocenters. The van der Waals surface area contributed by atoms with Gasteiger partial charge in [0.2, 0.25) is 0 Å². The van der Waals surface area contributed by atoms with Gasteiger partial charge in [0.1, 0.15) is 5.75 Å². The lowest BCUT2D eigenvalue weighted by Crippen LogP contribution is -1.83. The van der Waals surface area contributed by atoms with Gasteiger partial charge in [-0.2, -0.15) is 0 Å². The van der Waals surface area contributed by atoms with E-state index in [4.69, 9.17) is 4.74 Å². The number of hydrogen-bond donors (Lipinski definition) is 0. The molecular formula is C9H9BrO. The molecule has 1 aromatic carbocycles. The van der Waals surface area contributed by atoms with Gasteiger partial charge in [0.25, 0.3) is 0 Å². The van der Waals surface area contributed by atoms with Crippen LogP contribution in [0.4, 0.5) is 0 Å². The van der Waals surface area contributed by atoms with Crippen molar-refractivity contribution in [3.63, 3.8) is 0 Å². The first-order valence-electron chi connectivity index (χ1n) is 3.24. The van der Waals surface area contributed by atoms with E-state index in [9.17, 15) is 0 Å². The van der Waals surface area contributed by atoms with Gasteiger partial charge in [0.05, 0.1) is 11.6 Å². The summed E-state index contributed by atoms with van der Waals surface area (Å²) in [6.45, 7) is 3.67. The SMILES string of the molecule is C=Cc1ccc(OC)c(Br)c1. The van der Waals surface area contributed by atoms with Gasteiger partial charge in [-0.15, -0.1) is 0 Å². The van der Waals surface area contributed by atoms with E-state index >= 15 is 0 Å². The third kappa shape index (κ3) is 1.84. The highest BCUT2D eigenvalue weighted by Crippen LogP contribution is 2.25. The van der Waals surface area contributed by atoms with E-state index in [0.29, 0.717) is 0 Å². The van der Waals surface area contributed by atoms with Crippen LogP contribution in [0.2, 0.25) is 0 Å². The van der Waals surface area contributed by atoms with Crippen LogP contribution >= 0.6 is 15.9 Å². The first kappa shape index (κ1) is 8.34. The molecule has 0 aliphatic rings. The van der Waals surface area contributed by atoms with Crippen LogP contribution in [0.15, 0.2) is 29.3 Å². The van der Waals surface area contributed by atoms with Crippen molar-refractivity contribution in [2.75, 3.05) is 7.11 Å². The van der Waals surface area contributed by atoms with Crippen LogP contribution in [-0.2, 0) is 0 Å². The van der Waals surface area contributed by atoms with E-state index in [2.05, 4.69) is 22.5 Å². The van der Waals surface area contributed by atoms with Crippen LogP contribution in [0, 0.1) is 0 Å². The Hall–Kier alpha value is -0.760. The largest absolute Gasteiger partial charge is 0.496 e. The van der Waals surface area contributed by atoms with Crippen molar-refractivity contribution in [3.05, 3.63) is 34.8 Å². The van der Waals surface area contributed by atoms with Crippen molar-refractivity contribution in [1.82, 2.24) is 0 Å². The van der Waals surface area contributed by atoms with Gasteiger partial charge in [-0.1, -0.05) is 18.7 Å². The van der Waals surface area contributed by atoms with E-state index in [1.165, 1.54) is 0 Å². The highest BCUT2D eigenvalue weighted by Gasteiger charge is 1.97. The van der Waals surface area contributed by atoms with Gasteiger partial charge < -0.3 is 4.74 Å². The number of methoxy groups -OCH3 is 1. The van der Waals surface area contributed by atoms with Crippen molar-refractivity contribution >= 4 is 22.0 Å². The lowest BCUT2D eigenvalue weighted by molar-refractivity contribution is 0.412. The molecule has 2 heteroatoms. The smallest absolute Gasteiger partial charge is 0.133 e. The molecule has 0 bridgehead atoms. The molecule has 0 atom stereocenters. The highest BCUT2D eigenvalue weighted by atomic mass is 79.9. The molecule has 0 saturated carbocycles. The minimum absolute atomic E-state index is 0.843. The number of hydrogen-bond acceptors (Lipinski definition) is 1. The molecule has 0 aliphatic carbocycles. The summed E-state index contributed by atoms with van der Waals surface area (Å²) in [4.78, 5) is 0. The minimum atomic E-state index is 0.843. The van der Waals surface area contributed by atoms with Crippen LogP contribution in [-0.4, -0.2) is 7.11 Å². The van der Waals surface area contributed by atoms with Crippen LogP contribution in [0.3, 0.4) is 0 Å². The van der Waals surface area contributed by atoms with Crippen LogP contribution < -0.4 is 4.74 Å². The average molecular weight is 213 g/mol. The maximum Gasteiger partial charge on any atom is 0.133 e. The summed E-state index contributed by atoms with van der Waals surface area (Å²) in [5.74, 6) is 0.843. The summed E-state index contributed by atoms with van der Waals surface area (Å²) in [5.41, 5.74) is 1.08. The van der Waals surface area contributed by atoms with Crippen molar-refractivity contribution in [2.45, 2.75) is 0 Å². The Kier molecular flexibility index (Phi) is 2.71. The second-order valence-corrected chi connectivity index (χ2v) is 2.95. The van der Waals surface area contributed by atoms with Crippen molar-refractivity contribution in [1.29, 1.82) is 0 Å². The topological polar surface area (TPSA) is 9.23 Å².